The van der Waals surface area contributed by atoms with Crippen LogP contribution < -0.4 is 35.6 Å². The number of benzene rings is 1. The molecule has 1 aliphatic carbocycles. The van der Waals surface area contributed by atoms with Crippen LogP contribution in [0.4, 0.5) is 5.69 Å². The first-order chi connectivity index (χ1) is 20.9. The Labute approximate surface area is 251 Å². The number of anilines is 1. The predicted molar refractivity (Wildman–Crippen MR) is 165 cm³/mol. The van der Waals surface area contributed by atoms with Crippen molar-refractivity contribution in [2.45, 2.75) is 57.9 Å². The number of carbonyl (C=O) groups is 2. The monoisotopic (exact) mass is 591 g/mol. The smallest absolute Gasteiger partial charge is 0.220 e. The van der Waals surface area contributed by atoms with E-state index in [-0.39, 0.29) is 23.3 Å². The second-order valence-corrected chi connectivity index (χ2v) is 10.5. The van der Waals surface area contributed by atoms with Gasteiger partial charge in [-0.25, -0.2) is 4.98 Å². The molecule has 0 radical (unpaired) electrons. The first-order valence-corrected chi connectivity index (χ1v) is 14.6. The van der Waals surface area contributed by atoms with Crippen LogP contribution in [-0.4, -0.2) is 56.2 Å². The maximum absolute atomic E-state index is 13.4. The third-order valence-corrected chi connectivity index (χ3v) is 7.58. The van der Waals surface area contributed by atoms with Gasteiger partial charge in [0.05, 0.1) is 39.4 Å². The minimum absolute atomic E-state index is 0.0320. The molecule has 0 spiro atoms. The van der Waals surface area contributed by atoms with Gasteiger partial charge in [0.1, 0.15) is 0 Å². The minimum atomic E-state index is -0.361. The van der Waals surface area contributed by atoms with Crippen molar-refractivity contribution in [2.75, 3.05) is 39.7 Å². The fourth-order valence-electron chi connectivity index (χ4n) is 5.51. The van der Waals surface area contributed by atoms with E-state index in [1.54, 1.807) is 46.0 Å². The number of nitrogens with zero attached hydrogens (tertiary/aromatic N) is 1. The van der Waals surface area contributed by atoms with Crippen LogP contribution in [0.25, 0.3) is 11.1 Å². The molecule has 230 valence electrons. The molecule has 11 heteroatoms. The van der Waals surface area contributed by atoms with Crippen molar-refractivity contribution in [3.8, 4) is 28.4 Å². The SMILES string of the molecule is COc1cc2c(c(OC)c1OC)-c1ccc(NCCCCCC(=O)NCCc3cnc[nH]3)c(=O)cc1[C@@H](NC(C)=O)CC2. The van der Waals surface area contributed by atoms with Gasteiger partial charge >= 0.3 is 0 Å². The summed E-state index contributed by atoms with van der Waals surface area (Å²) in [5.41, 5.74) is 4.57. The van der Waals surface area contributed by atoms with Gasteiger partial charge < -0.3 is 35.1 Å². The molecule has 43 heavy (non-hydrogen) atoms. The highest BCUT2D eigenvalue weighted by Crippen LogP contribution is 2.50. The highest BCUT2D eigenvalue weighted by Gasteiger charge is 2.29. The van der Waals surface area contributed by atoms with E-state index in [0.29, 0.717) is 55.3 Å². The molecule has 1 aromatic heterocycles. The van der Waals surface area contributed by atoms with Crippen molar-refractivity contribution in [2.24, 2.45) is 0 Å². The highest BCUT2D eigenvalue weighted by molar-refractivity contribution is 5.83. The molecule has 0 saturated carbocycles. The maximum atomic E-state index is 13.4. The van der Waals surface area contributed by atoms with E-state index < -0.39 is 0 Å². The van der Waals surface area contributed by atoms with Gasteiger partial charge in [0, 0.05) is 50.3 Å². The van der Waals surface area contributed by atoms with Crippen molar-refractivity contribution in [1.29, 1.82) is 0 Å². The van der Waals surface area contributed by atoms with Gasteiger partial charge in [-0.05, 0) is 60.6 Å². The molecule has 0 fully saturated rings. The van der Waals surface area contributed by atoms with E-state index in [2.05, 4.69) is 25.9 Å². The number of ether oxygens (including phenoxy) is 3. The van der Waals surface area contributed by atoms with Gasteiger partial charge in [0.2, 0.25) is 23.0 Å². The number of fused-ring (bicyclic) bond motifs is 3. The maximum Gasteiger partial charge on any atom is 0.220 e. The van der Waals surface area contributed by atoms with Gasteiger partial charge in [-0.1, -0.05) is 12.5 Å². The third kappa shape index (κ3) is 7.85. The summed E-state index contributed by atoms with van der Waals surface area (Å²) in [5.74, 6) is 1.39. The number of unbranched alkanes of at least 4 members (excludes halogenated alkanes) is 2. The topological polar surface area (TPSA) is 144 Å². The number of hydrogen-bond acceptors (Lipinski definition) is 8. The zero-order valence-corrected chi connectivity index (χ0v) is 25.3. The summed E-state index contributed by atoms with van der Waals surface area (Å²) >= 11 is 0. The number of methoxy groups -OCH3 is 3. The molecule has 1 heterocycles. The van der Waals surface area contributed by atoms with Crippen LogP contribution in [0.1, 0.15) is 61.9 Å². The second kappa shape index (κ2) is 15.1. The van der Waals surface area contributed by atoms with Gasteiger partial charge in [-0.15, -0.1) is 0 Å². The highest BCUT2D eigenvalue weighted by atomic mass is 16.5. The van der Waals surface area contributed by atoms with E-state index in [0.717, 1.165) is 53.6 Å². The Kier molecular flexibility index (Phi) is 11.0. The molecule has 0 unspecified atom stereocenters. The number of aryl methyl sites for hydroxylation is 1. The minimum Gasteiger partial charge on any atom is -0.493 e. The molecule has 0 bridgehead atoms. The van der Waals surface area contributed by atoms with Crippen LogP contribution in [0.5, 0.6) is 17.2 Å². The Hall–Kier alpha value is -4.54. The molecule has 11 nitrogen and oxygen atoms in total. The van der Waals surface area contributed by atoms with Gasteiger partial charge in [0.15, 0.2) is 11.5 Å². The lowest BCUT2D eigenvalue weighted by Gasteiger charge is -2.19. The average Bonchev–Trinajstić information content (AvgIpc) is 3.40. The first kappa shape index (κ1) is 31.4. The van der Waals surface area contributed by atoms with Crippen LogP contribution in [0.2, 0.25) is 0 Å². The van der Waals surface area contributed by atoms with Crippen LogP contribution >= 0.6 is 0 Å². The summed E-state index contributed by atoms with van der Waals surface area (Å²) in [4.78, 5) is 44.7. The molecule has 0 saturated heterocycles. The first-order valence-electron chi connectivity index (χ1n) is 14.6. The van der Waals surface area contributed by atoms with Gasteiger partial charge in [-0.3, -0.25) is 14.4 Å². The molecule has 0 aliphatic heterocycles. The molecule has 2 aromatic carbocycles. The van der Waals surface area contributed by atoms with E-state index in [1.807, 2.05) is 12.1 Å². The molecular weight excluding hydrogens is 550 g/mol. The summed E-state index contributed by atoms with van der Waals surface area (Å²) in [7, 11) is 4.71. The fraction of sp³-hybridized carbons (Fsp3) is 0.438. The number of rotatable bonds is 14. The standard InChI is InChI=1S/C32H41N5O6/c1-20(38)37-25-11-9-21-16-28(41-2)31(42-3)32(43-4)30(21)23-10-12-26(27(39)17-24(23)25)34-14-7-5-6-8-29(40)35-15-13-22-18-33-19-36-22/h10,12,16-19,25H,5-9,11,13-15H2,1-4H3,(H,33,36)(H,34,39)(H,35,40)(H,37,38)/t25-/m0/s1. The summed E-state index contributed by atoms with van der Waals surface area (Å²) in [6, 6.07) is 6.86. The lowest BCUT2D eigenvalue weighted by Crippen LogP contribution is -2.26. The molecule has 4 rings (SSSR count). The van der Waals surface area contributed by atoms with Gasteiger partial charge in [0.25, 0.3) is 0 Å². The predicted octanol–water partition coefficient (Wildman–Crippen LogP) is 3.92. The van der Waals surface area contributed by atoms with Crippen molar-refractivity contribution >= 4 is 17.5 Å². The van der Waals surface area contributed by atoms with Crippen LogP contribution in [-0.2, 0) is 22.4 Å². The Bertz CT molecular complexity index is 1470. The van der Waals surface area contributed by atoms with E-state index >= 15 is 0 Å². The zero-order chi connectivity index (χ0) is 30.8. The summed E-state index contributed by atoms with van der Waals surface area (Å²) < 4.78 is 17.1. The van der Waals surface area contributed by atoms with Crippen LogP contribution in [0, 0.1) is 0 Å². The Balaban J connectivity index is 1.47. The normalized spacial score (nSPS) is 13.6. The van der Waals surface area contributed by atoms with Crippen LogP contribution in [0.3, 0.4) is 0 Å². The van der Waals surface area contributed by atoms with Gasteiger partial charge in [-0.2, -0.15) is 0 Å². The van der Waals surface area contributed by atoms with Crippen molar-refractivity contribution < 1.29 is 23.8 Å². The van der Waals surface area contributed by atoms with E-state index in [9.17, 15) is 14.4 Å². The molecule has 1 aliphatic rings. The van der Waals surface area contributed by atoms with E-state index in [4.69, 9.17) is 14.2 Å². The average molecular weight is 592 g/mol. The number of H-pyrrole nitrogens is 1. The second-order valence-electron chi connectivity index (χ2n) is 10.5. The quantitative estimate of drug-likeness (QED) is 0.207. The summed E-state index contributed by atoms with van der Waals surface area (Å²) in [6.45, 7) is 2.64. The van der Waals surface area contributed by atoms with Crippen molar-refractivity contribution in [1.82, 2.24) is 20.6 Å². The van der Waals surface area contributed by atoms with Crippen molar-refractivity contribution in [3.05, 3.63) is 63.8 Å². The number of aromatic nitrogens is 2. The number of amides is 2. The lowest BCUT2D eigenvalue weighted by molar-refractivity contribution is -0.121. The number of imidazole rings is 1. The molecule has 2 amide bonds. The molecule has 1 atom stereocenters. The Morgan fingerprint density at radius 2 is 1.84 bits per heavy atom. The summed E-state index contributed by atoms with van der Waals surface area (Å²) in [6.07, 6.45) is 8.21. The third-order valence-electron chi connectivity index (χ3n) is 7.58. The molecule has 3 aromatic rings. The number of hydrogen-bond donors (Lipinski definition) is 4. The fourth-order valence-corrected chi connectivity index (χ4v) is 5.51. The van der Waals surface area contributed by atoms with Crippen molar-refractivity contribution in [3.63, 3.8) is 0 Å². The largest absolute Gasteiger partial charge is 0.493 e. The van der Waals surface area contributed by atoms with Crippen LogP contribution in [0.15, 0.2) is 41.6 Å². The Morgan fingerprint density at radius 3 is 2.53 bits per heavy atom. The molecule has 4 N–H and O–H groups in total. The molecular formula is C32H41N5O6. The number of aromatic amines is 1. The zero-order valence-electron chi connectivity index (χ0n) is 25.3. The Morgan fingerprint density at radius 1 is 1.02 bits per heavy atom. The lowest BCUT2D eigenvalue weighted by atomic mass is 9.95. The summed E-state index contributed by atoms with van der Waals surface area (Å²) in [5, 5.41) is 9.23. The van der Waals surface area contributed by atoms with E-state index in [1.165, 1.54) is 6.92 Å². The number of nitrogens with one attached hydrogen (secondary N) is 4. The number of carbonyl (C=O) groups excluding carboxylic acids is 2.